The molecule has 0 aliphatic rings. The van der Waals surface area contributed by atoms with Crippen molar-refractivity contribution >= 4 is 21.4 Å². The van der Waals surface area contributed by atoms with Crippen LogP contribution in [0.1, 0.15) is 0 Å². The van der Waals surface area contributed by atoms with Gasteiger partial charge in [-0.2, -0.15) is 10.5 Å². The van der Waals surface area contributed by atoms with Gasteiger partial charge in [-0.25, -0.2) is 12.7 Å². The molecule has 0 radical (unpaired) electrons. The Bertz CT molecular complexity index is 654. The molecule has 0 aliphatic heterocycles. The Morgan fingerprint density at radius 3 is 2.20 bits per heavy atom. The molecule has 1 rings (SSSR count). The molecule has 8 heteroatoms. The lowest BCUT2D eigenvalue weighted by molar-refractivity contribution is 0.521. The van der Waals surface area contributed by atoms with E-state index in [-0.39, 0.29) is 18.0 Å². The van der Waals surface area contributed by atoms with Gasteiger partial charge < -0.3 is 10.6 Å². The summed E-state index contributed by atoms with van der Waals surface area (Å²) in [6.07, 6.45) is 0. The highest BCUT2D eigenvalue weighted by Gasteiger charge is 2.20. The number of nitrogens with zero attached hydrogens (tertiary/aromatic N) is 4. The van der Waals surface area contributed by atoms with Crippen LogP contribution in [0.3, 0.4) is 0 Å². The first kappa shape index (κ1) is 15.8. The zero-order valence-corrected chi connectivity index (χ0v) is 12.1. The highest BCUT2D eigenvalue weighted by atomic mass is 32.2. The monoisotopic (exact) mass is 293 g/mol. The first-order valence-corrected chi connectivity index (χ1v) is 7.09. The van der Waals surface area contributed by atoms with Crippen LogP contribution in [0.2, 0.25) is 0 Å². The molecule has 0 amide bonds. The van der Waals surface area contributed by atoms with Crippen LogP contribution in [0.25, 0.3) is 0 Å². The summed E-state index contributed by atoms with van der Waals surface area (Å²) in [7, 11) is -0.746. The average molecular weight is 293 g/mol. The predicted octanol–water partition coefficient (Wildman–Crippen LogP) is 0.373. The van der Waals surface area contributed by atoms with Crippen molar-refractivity contribution in [1.29, 1.82) is 10.5 Å². The van der Waals surface area contributed by atoms with E-state index in [0.717, 1.165) is 4.31 Å². The smallest absolute Gasteiger partial charge is 0.242 e. The number of hydrogen-bond acceptors (Lipinski definition) is 6. The number of anilines is 2. The zero-order valence-electron chi connectivity index (χ0n) is 11.2. The molecule has 0 aliphatic carbocycles. The van der Waals surface area contributed by atoms with Gasteiger partial charge in [-0.1, -0.05) is 0 Å². The summed E-state index contributed by atoms with van der Waals surface area (Å²) in [4.78, 5) is 1.48. The SMILES string of the molecule is CN(C)S(=O)(=O)c1ccc(N)c(N(CC#N)CC#N)c1. The van der Waals surface area contributed by atoms with Crippen LogP contribution in [0.5, 0.6) is 0 Å². The van der Waals surface area contributed by atoms with E-state index in [1.165, 1.54) is 37.2 Å². The summed E-state index contributed by atoms with van der Waals surface area (Å²) in [5.41, 5.74) is 6.47. The standard InChI is InChI=1S/C12H15N5O2S/c1-16(2)20(18,19)10-3-4-11(15)12(9-10)17(7-5-13)8-6-14/h3-4,9H,7-8,15H2,1-2H3. The van der Waals surface area contributed by atoms with E-state index in [0.29, 0.717) is 11.4 Å². The van der Waals surface area contributed by atoms with Gasteiger partial charge in [0.15, 0.2) is 0 Å². The molecule has 1 aromatic carbocycles. The van der Waals surface area contributed by atoms with Gasteiger partial charge in [0.25, 0.3) is 0 Å². The molecular formula is C12H15N5O2S. The molecule has 0 spiro atoms. The third kappa shape index (κ3) is 3.18. The van der Waals surface area contributed by atoms with E-state index >= 15 is 0 Å². The molecular weight excluding hydrogens is 278 g/mol. The van der Waals surface area contributed by atoms with Gasteiger partial charge in [-0.15, -0.1) is 0 Å². The summed E-state index contributed by atoms with van der Waals surface area (Å²) >= 11 is 0. The van der Waals surface area contributed by atoms with Crippen LogP contribution in [0.4, 0.5) is 11.4 Å². The highest BCUT2D eigenvalue weighted by Crippen LogP contribution is 2.27. The van der Waals surface area contributed by atoms with Gasteiger partial charge in [0.05, 0.1) is 28.4 Å². The van der Waals surface area contributed by atoms with Gasteiger partial charge in [-0.05, 0) is 18.2 Å². The normalized spacial score (nSPS) is 10.8. The molecule has 0 atom stereocenters. The zero-order chi connectivity index (χ0) is 15.3. The van der Waals surface area contributed by atoms with Crippen molar-refractivity contribution in [2.24, 2.45) is 0 Å². The van der Waals surface area contributed by atoms with Crippen LogP contribution in [0, 0.1) is 22.7 Å². The Balaban J connectivity index is 3.36. The third-order valence-electron chi connectivity index (χ3n) is 2.64. The number of hydrogen-bond donors (Lipinski definition) is 1. The number of benzene rings is 1. The molecule has 0 fully saturated rings. The van der Waals surface area contributed by atoms with Crippen LogP contribution in [-0.2, 0) is 10.0 Å². The van der Waals surface area contributed by atoms with Crippen molar-refractivity contribution in [3.05, 3.63) is 18.2 Å². The van der Waals surface area contributed by atoms with Gasteiger partial charge in [0.2, 0.25) is 10.0 Å². The van der Waals surface area contributed by atoms with Gasteiger partial charge >= 0.3 is 0 Å². The molecule has 0 unspecified atom stereocenters. The number of nitrogen functional groups attached to an aromatic ring is 1. The number of sulfonamides is 1. The van der Waals surface area contributed by atoms with Crippen molar-refractivity contribution in [3.63, 3.8) is 0 Å². The molecule has 0 saturated heterocycles. The molecule has 106 valence electrons. The Morgan fingerprint density at radius 2 is 1.75 bits per heavy atom. The minimum atomic E-state index is -3.59. The van der Waals surface area contributed by atoms with Crippen molar-refractivity contribution < 1.29 is 8.42 Å². The predicted molar refractivity (Wildman–Crippen MR) is 75.2 cm³/mol. The van der Waals surface area contributed by atoms with E-state index in [9.17, 15) is 8.42 Å². The van der Waals surface area contributed by atoms with Crippen molar-refractivity contribution in [2.45, 2.75) is 4.90 Å². The summed E-state index contributed by atoms with van der Waals surface area (Å²) in [5.74, 6) is 0. The first-order valence-electron chi connectivity index (χ1n) is 5.65. The van der Waals surface area contributed by atoms with Gasteiger partial charge in [0, 0.05) is 14.1 Å². The van der Waals surface area contributed by atoms with E-state index in [1.807, 2.05) is 12.1 Å². The molecule has 0 aromatic heterocycles. The highest BCUT2D eigenvalue weighted by molar-refractivity contribution is 7.89. The molecule has 0 saturated carbocycles. The maximum absolute atomic E-state index is 12.1. The Labute approximate surface area is 118 Å². The second-order valence-electron chi connectivity index (χ2n) is 4.18. The minimum absolute atomic E-state index is 0.0524. The van der Waals surface area contributed by atoms with Crippen LogP contribution in [0.15, 0.2) is 23.1 Å². The quantitative estimate of drug-likeness (QED) is 0.619. The van der Waals surface area contributed by atoms with Crippen molar-refractivity contribution in [2.75, 3.05) is 37.8 Å². The number of nitrogens with two attached hydrogens (primary N) is 1. The molecule has 7 nitrogen and oxygen atoms in total. The van der Waals surface area contributed by atoms with E-state index in [1.54, 1.807) is 0 Å². The van der Waals surface area contributed by atoms with Gasteiger partial charge in [-0.3, -0.25) is 0 Å². The first-order chi connectivity index (χ1) is 9.34. The number of nitriles is 2. The molecule has 0 heterocycles. The average Bonchev–Trinajstić information content (AvgIpc) is 2.38. The Kier molecular flexibility index (Phi) is 4.92. The van der Waals surface area contributed by atoms with Crippen molar-refractivity contribution in [1.82, 2.24) is 4.31 Å². The lowest BCUT2D eigenvalue weighted by Crippen LogP contribution is -2.26. The lowest BCUT2D eigenvalue weighted by atomic mass is 10.2. The number of rotatable bonds is 5. The molecule has 0 bridgehead atoms. The van der Waals surface area contributed by atoms with E-state index < -0.39 is 10.0 Å². The maximum Gasteiger partial charge on any atom is 0.242 e. The summed E-state index contributed by atoms with van der Waals surface area (Å²) in [6.45, 7) is -0.105. The summed E-state index contributed by atoms with van der Waals surface area (Å²) in [6, 6.07) is 8.06. The third-order valence-corrected chi connectivity index (χ3v) is 4.46. The summed E-state index contributed by atoms with van der Waals surface area (Å²) in [5, 5.41) is 17.5. The van der Waals surface area contributed by atoms with E-state index in [2.05, 4.69) is 0 Å². The van der Waals surface area contributed by atoms with Gasteiger partial charge in [0.1, 0.15) is 13.1 Å². The molecule has 1 aromatic rings. The fourth-order valence-electron chi connectivity index (χ4n) is 1.57. The minimum Gasteiger partial charge on any atom is -0.397 e. The lowest BCUT2D eigenvalue weighted by Gasteiger charge is -2.21. The fraction of sp³-hybridized carbons (Fsp3) is 0.333. The van der Waals surface area contributed by atoms with Crippen LogP contribution < -0.4 is 10.6 Å². The Morgan fingerprint density at radius 1 is 1.20 bits per heavy atom. The molecule has 20 heavy (non-hydrogen) atoms. The maximum atomic E-state index is 12.1. The second-order valence-corrected chi connectivity index (χ2v) is 6.33. The summed E-state index contributed by atoms with van der Waals surface area (Å²) < 4.78 is 25.2. The van der Waals surface area contributed by atoms with E-state index in [4.69, 9.17) is 16.3 Å². The fourth-order valence-corrected chi connectivity index (χ4v) is 2.49. The van der Waals surface area contributed by atoms with Crippen molar-refractivity contribution in [3.8, 4) is 12.1 Å². The topological polar surface area (TPSA) is 114 Å². The Hall–Kier alpha value is -2.29. The second kappa shape index (κ2) is 6.24. The van der Waals surface area contributed by atoms with Crippen LogP contribution >= 0.6 is 0 Å². The largest absolute Gasteiger partial charge is 0.397 e. The van der Waals surface area contributed by atoms with Crippen LogP contribution in [-0.4, -0.2) is 39.9 Å². The molecule has 2 N–H and O–H groups in total.